The van der Waals surface area contributed by atoms with Gasteiger partial charge in [0.2, 0.25) is 0 Å². The maximum Gasteiger partial charge on any atom is 0.0719 e. The fourth-order valence-electron chi connectivity index (χ4n) is 1.21. The molecule has 72 valence electrons. The summed E-state index contributed by atoms with van der Waals surface area (Å²) in [5, 5.41) is 0. The van der Waals surface area contributed by atoms with Gasteiger partial charge >= 0.3 is 0 Å². The molecule has 1 aromatic rings. The Balaban J connectivity index is 2.78. The second-order valence-corrected chi connectivity index (χ2v) is 3.79. The highest BCUT2D eigenvalue weighted by atomic mass is 32.2. The van der Waals surface area contributed by atoms with Crippen LogP contribution in [0.25, 0.3) is 0 Å². The quantitative estimate of drug-likeness (QED) is 0.593. The first-order valence-corrected chi connectivity index (χ1v) is 5.45. The average molecular weight is 197 g/mol. The van der Waals surface area contributed by atoms with Crippen molar-refractivity contribution in [2.45, 2.75) is 18.2 Å². The van der Waals surface area contributed by atoms with Crippen molar-refractivity contribution in [3.05, 3.63) is 29.3 Å². The predicted molar refractivity (Wildman–Crippen MR) is 56.8 cm³/mol. The zero-order valence-corrected chi connectivity index (χ0v) is 8.86. The Kier molecular flexibility index (Phi) is 4.28. The van der Waals surface area contributed by atoms with E-state index in [2.05, 4.69) is 36.2 Å². The van der Waals surface area contributed by atoms with Gasteiger partial charge in [-0.1, -0.05) is 6.07 Å². The highest BCUT2D eigenvalue weighted by Gasteiger charge is 1.99. The maximum absolute atomic E-state index is 4.99. The fourth-order valence-corrected chi connectivity index (χ4v) is 1.68. The first kappa shape index (κ1) is 10.6. The van der Waals surface area contributed by atoms with Gasteiger partial charge in [0.15, 0.2) is 0 Å². The standard InChI is InChI=1S/C10H15NOS/c1-8-3-4-10(13-2)7-9(8)5-6-12-11/h3-4,7H,5-6,11H2,1-2H3. The molecule has 13 heavy (non-hydrogen) atoms. The van der Waals surface area contributed by atoms with Crippen molar-refractivity contribution < 1.29 is 4.84 Å². The van der Waals surface area contributed by atoms with E-state index in [9.17, 15) is 0 Å². The van der Waals surface area contributed by atoms with Crippen LogP contribution in [0.15, 0.2) is 23.1 Å². The van der Waals surface area contributed by atoms with Gasteiger partial charge in [0, 0.05) is 4.90 Å². The summed E-state index contributed by atoms with van der Waals surface area (Å²) >= 11 is 1.75. The summed E-state index contributed by atoms with van der Waals surface area (Å²) in [5.41, 5.74) is 2.62. The third kappa shape index (κ3) is 3.03. The van der Waals surface area contributed by atoms with Crippen LogP contribution in [0.5, 0.6) is 0 Å². The van der Waals surface area contributed by atoms with Gasteiger partial charge in [0.1, 0.15) is 0 Å². The van der Waals surface area contributed by atoms with Gasteiger partial charge in [-0.25, -0.2) is 5.90 Å². The number of hydrogen-bond donors (Lipinski definition) is 1. The minimum absolute atomic E-state index is 0.582. The molecule has 1 rings (SSSR count). The van der Waals surface area contributed by atoms with Gasteiger partial charge in [-0.2, -0.15) is 0 Å². The van der Waals surface area contributed by atoms with E-state index in [1.165, 1.54) is 16.0 Å². The molecule has 0 heterocycles. The molecule has 0 saturated heterocycles. The highest BCUT2D eigenvalue weighted by molar-refractivity contribution is 7.98. The maximum atomic E-state index is 4.99. The number of aryl methyl sites for hydroxylation is 1. The molecule has 0 spiro atoms. The Bertz CT molecular complexity index is 276. The van der Waals surface area contributed by atoms with Gasteiger partial charge < -0.3 is 4.84 Å². The largest absolute Gasteiger partial charge is 0.304 e. The van der Waals surface area contributed by atoms with Crippen molar-refractivity contribution in [1.29, 1.82) is 0 Å². The first-order chi connectivity index (χ1) is 6.27. The summed E-state index contributed by atoms with van der Waals surface area (Å²) in [7, 11) is 0. The SMILES string of the molecule is CSc1ccc(C)c(CCON)c1. The molecule has 0 saturated carbocycles. The van der Waals surface area contributed by atoms with Crippen LogP contribution in [0, 0.1) is 6.92 Å². The smallest absolute Gasteiger partial charge is 0.0719 e. The van der Waals surface area contributed by atoms with Crippen molar-refractivity contribution in [3.8, 4) is 0 Å². The topological polar surface area (TPSA) is 35.2 Å². The zero-order valence-electron chi connectivity index (χ0n) is 8.04. The lowest BCUT2D eigenvalue weighted by molar-refractivity contribution is 0.141. The minimum Gasteiger partial charge on any atom is -0.304 e. The Morgan fingerprint density at radius 3 is 2.85 bits per heavy atom. The Hall–Kier alpha value is -0.510. The Morgan fingerprint density at radius 2 is 2.23 bits per heavy atom. The van der Waals surface area contributed by atoms with Crippen molar-refractivity contribution in [1.82, 2.24) is 0 Å². The number of thioether (sulfide) groups is 1. The minimum atomic E-state index is 0.582. The molecular weight excluding hydrogens is 182 g/mol. The molecule has 0 aliphatic carbocycles. The van der Waals surface area contributed by atoms with E-state index in [1.807, 2.05) is 0 Å². The monoisotopic (exact) mass is 197 g/mol. The van der Waals surface area contributed by atoms with E-state index in [-0.39, 0.29) is 0 Å². The fraction of sp³-hybridized carbons (Fsp3) is 0.400. The molecule has 0 amide bonds. The molecule has 0 aliphatic rings. The number of hydrogen-bond acceptors (Lipinski definition) is 3. The normalized spacial score (nSPS) is 10.4. The van der Waals surface area contributed by atoms with Crippen LogP contribution in [0.3, 0.4) is 0 Å². The highest BCUT2D eigenvalue weighted by Crippen LogP contribution is 2.19. The van der Waals surface area contributed by atoms with E-state index in [0.717, 1.165) is 6.42 Å². The van der Waals surface area contributed by atoms with Gasteiger partial charge in [-0.3, -0.25) is 0 Å². The average Bonchev–Trinajstić information content (AvgIpc) is 2.17. The molecule has 0 unspecified atom stereocenters. The Morgan fingerprint density at radius 1 is 1.46 bits per heavy atom. The molecule has 0 radical (unpaired) electrons. The summed E-state index contributed by atoms with van der Waals surface area (Å²) in [5.74, 6) is 4.99. The van der Waals surface area contributed by atoms with Crippen LogP contribution in [0.4, 0.5) is 0 Å². The number of nitrogens with two attached hydrogens (primary N) is 1. The summed E-state index contributed by atoms with van der Waals surface area (Å²) < 4.78 is 0. The van der Waals surface area contributed by atoms with E-state index in [1.54, 1.807) is 11.8 Å². The number of rotatable bonds is 4. The van der Waals surface area contributed by atoms with E-state index in [4.69, 9.17) is 5.90 Å². The molecule has 1 aromatic carbocycles. The van der Waals surface area contributed by atoms with Crippen molar-refractivity contribution in [3.63, 3.8) is 0 Å². The van der Waals surface area contributed by atoms with Crippen LogP contribution in [-0.2, 0) is 11.3 Å². The molecule has 0 atom stereocenters. The van der Waals surface area contributed by atoms with Gasteiger partial charge in [-0.05, 0) is 42.9 Å². The van der Waals surface area contributed by atoms with Crippen LogP contribution in [-0.4, -0.2) is 12.9 Å². The Labute approximate surface area is 83.4 Å². The van der Waals surface area contributed by atoms with Crippen molar-refractivity contribution >= 4 is 11.8 Å². The molecule has 3 heteroatoms. The van der Waals surface area contributed by atoms with Crippen LogP contribution in [0.1, 0.15) is 11.1 Å². The van der Waals surface area contributed by atoms with Crippen LogP contribution < -0.4 is 5.90 Å². The summed E-state index contributed by atoms with van der Waals surface area (Å²) in [6.07, 6.45) is 2.96. The summed E-state index contributed by atoms with van der Waals surface area (Å²) in [6.45, 7) is 2.69. The molecule has 2 nitrogen and oxygen atoms in total. The van der Waals surface area contributed by atoms with Crippen LogP contribution in [0.2, 0.25) is 0 Å². The lowest BCUT2D eigenvalue weighted by Crippen LogP contribution is -2.04. The summed E-state index contributed by atoms with van der Waals surface area (Å²) in [4.78, 5) is 5.86. The van der Waals surface area contributed by atoms with Gasteiger partial charge in [-0.15, -0.1) is 11.8 Å². The van der Waals surface area contributed by atoms with Crippen molar-refractivity contribution in [2.24, 2.45) is 5.90 Å². The second kappa shape index (κ2) is 5.27. The molecule has 2 N–H and O–H groups in total. The second-order valence-electron chi connectivity index (χ2n) is 2.91. The molecular formula is C10H15NOS. The lowest BCUT2D eigenvalue weighted by Gasteiger charge is -2.06. The molecule has 0 fully saturated rings. The summed E-state index contributed by atoms with van der Waals surface area (Å²) in [6, 6.07) is 6.46. The van der Waals surface area contributed by atoms with Gasteiger partial charge in [0.05, 0.1) is 6.61 Å². The molecule has 0 bridgehead atoms. The van der Waals surface area contributed by atoms with Gasteiger partial charge in [0.25, 0.3) is 0 Å². The molecule has 0 aliphatic heterocycles. The molecule has 0 aromatic heterocycles. The van der Waals surface area contributed by atoms with Crippen LogP contribution >= 0.6 is 11.8 Å². The van der Waals surface area contributed by atoms with E-state index in [0.29, 0.717) is 6.61 Å². The third-order valence-electron chi connectivity index (χ3n) is 2.05. The lowest BCUT2D eigenvalue weighted by atomic mass is 10.1. The van der Waals surface area contributed by atoms with Crippen molar-refractivity contribution in [2.75, 3.05) is 12.9 Å². The van der Waals surface area contributed by atoms with E-state index >= 15 is 0 Å². The first-order valence-electron chi connectivity index (χ1n) is 4.23. The number of benzene rings is 1. The predicted octanol–water partition coefficient (Wildman–Crippen LogP) is 2.15. The van der Waals surface area contributed by atoms with E-state index < -0.39 is 0 Å². The zero-order chi connectivity index (χ0) is 9.68. The third-order valence-corrected chi connectivity index (χ3v) is 2.77.